The Hall–Kier alpha value is -2.74. The summed E-state index contributed by atoms with van der Waals surface area (Å²) in [6.45, 7) is 1.31. The van der Waals surface area contributed by atoms with Gasteiger partial charge in [-0.2, -0.15) is 5.10 Å². The maximum atomic E-state index is 11.9. The number of ether oxygens (including phenoxy) is 2. The number of amides is 1. The molecule has 0 aliphatic carbocycles. The Morgan fingerprint density at radius 1 is 1.25 bits per heavy atom. The van der Waals surface area contributed by atoms with Gasteiger partial charge in [-0.25, -0.2) is 5.43 Å². The van der Waals surface area contributed by atoms with Crippen LogP contribution in [-0.4, -0.2) is 30.2 Å². The number of hydrogen-bond acceptors (Lipinski definition) is 6. The minimum atomic E-state index is -0.440. The van der Waals surface area contributed by atoms with Crippen LogP contribution >= 0.6 is 15.9 Å². The fourth-order valence-electron chi connectivity index (χ4n) is 1.77. The van der Waals surface area contributed by atoms with E-state index in [2.05, 4.69) is 31.4 Å². The number of hydrazone groups is 1. The average molecular weight is 392 g/mol. The number of nitrogens with zero attached hydrogens (tertiary/aromatic N) is 2. The zero-order valence-electron chi connectivity index (χ0n) is 12.9. The van der Waals surface area contributed by atoms with Crippen molar-refractivity contribution < 1.29 is 19.1 Å². The molecule has 0 saturated carbocycles. The lowest BCUT2D eigenvalue weighted by molar-refractivity contribution is -0.132. The second kappa shape index (κ2) is 8.21. The Morgan fingerprint density at radius 2 is 2.04 bits per heavy atom. The van der Waals surface area contributed by atoms with Gasteiger partial charge in [0.1, 0.15) is 0 Å². The quantitative estimate of drug-likeness (QED) is 0.366. The maximum absolute atomic E-state index is 11.9. The van der Waals surface area contributed by atoms with Gasteiger partial charge in [0.05, 0.1) is 18.9 Å². The van der Waals surface area contributed by atoms with Gasteiger partial charge in [0, 0.05) is 23.8 Å². The predicted molar refractivity (Wildman–Crippen MR) is 91.3 cm³/mol. The minimum Gasteiger partial charge on any atom is -0.493 e. The first kappa shape index (κ1) is 17.6. The molecular formula is C16H14BrN3O4. The number of hydrogen-bond donors (Lipinski definition) is 1. The number of aromatic nitrogens is 1. The van der Waals surface area contributed by atoms with Crippen LogP contribution in [0.5, 0.6) is 11.5 Å². The normalized spacial score (nSPS) is 10.5. The van der Waals surface area contributed by atoms with Crippen LogP contribution < -0.4 is 14.9 Å². The summed E-state index contributed by atoms with van der Waals surface area (Å²) in [5, 5.41) is 3.88. The number of carbonyl (C=O) groups excluding carboxylic acids is 2. The smallest absolute Gasteiger partial charge is 0.308 e. The highest BCUT2D eigenvalue weighted by Gasteiger charge is 2.08. The molecule has 2 rings (SSSR count). The standard InChI is InChI=1S/C16H14BrN3O4/c1-10(21)24-14-4-3-11(5-15(14)23-2)7-19-20-16(22)12-6-13(17)9-18-8-12/h3-9H,1-2H3,(H,20,22). The summed E-state index contributed by atoms with van der Waals surface area (Å²) in [5.41, 5.74) is 3.44. The second-order valence-electron chi connectivity index (χ2n) is 4.59. The van der Waals surface area contributed by atoms with Crippen molar-refractivity contribution in [3.63, 3.8) is 0 Å². The molecule has 124 valence electrons. The number of carbonyl (C=O) groups is 2. The van der Waals surface area contributed by atoms with Crippen molar-refractivity contribution in [3.8, 4) is 11.5 Å². The van der Waals surface area contributed by atoms with E-state index in [0.717, 1.165) is 0 Å². The van der Waals surface area contributed by atoms with Gasteiger partial charge in [-0.15, -0.1) is 0 Å². The topological polar surface area (TPSA) is 89.9 Å². The Balaban J connectivity index is 2.06. The van der Waals surface area contributed by atoms with Gasteiger partial charge < -0.3 is 9.47 Å². The lowest BCUT2D eigenvalue weighted by Crippen LogP contribution is -2.17. The van der Waals surface area contributed by atoms with E-state index in [1.807, 2.05) is 0 Å². The van der Waals surface area contributed by atoms with Crippen molar-refractivity contribution >= 4 is 34.0 Å². The van der Waals surface area contributed by atoms with Crippen LogP contribution in [-0.2, 0) is 4.79 Å². The summed E-state index contributed by atoms with van der Waals surface area (Å²) in [6, 6.07) is 6.53. The molecule has 1 heterocycles. The highest BCUT2D eigenvalue weighted by atomic mass is 79.9. The lowest BCUT2D eigenvalue weighted by atomic mass is 10.2. The van der Waals surface area contributed by atoms with E-state index in [4.69, 9.17) is 9.47 Å². The Labute approximate surface area is 146 Å². The van der Waals surface area contributed by atoms with Crippen LogP contribution in [0.3, 0.4) is 0 Å². The molecule has 0 spiro atoms. The fourth-order valence-corrected chi connectivity index (χ4v) is 2.13. The van der Waals surface area contributed by atoms with Gasteiger partial charge in [0.15, 0.2) is 11.5 Å². The van der Waals surface area contributed by atoms with Crippen molar-refractivity contribution in [3.05, 3.63) is 52.3 Å². The zero-order valence-corrected chi connectivity index (χ0v) is 14.5. The van der Waals surface area contributed by atoms with Crippen molar-refractivity contribution in [2.24, 2.45) is 5.10 Å². The number of methoxy groups -OCH3 is 1. The van der Waals surface area contributed by atoms with Gasteiger partial charge in [-0.1, -0.05) is 0 Å². The maximum Gasteiger partial charge on any atom is 0.308 e. The van der Waals surface area contributed by atoms with E-state index in [1.54, 1.807) is 30.5 Å². The molecule has 0 bridgehead atoms. The van der Waals surface area contributed by atoms with Crippen LogP contribution in [0.15, 0.2) is 46.2 Å². The summed E-state index contributed by atoms with van der Waals surface area (Å²) in [7, 11) is 1.46. The van der Waals surface area contributed by atoms with Gasteiger partial charge >= 0.3 is 5.97 Å². The zero-order chi connectivity index (χ0) is 17.5. The molecule has 0 aliphatic rings. The summed E-state index contributed by atoms with van der Waals surface area (Å²) in [5.74, 6) is -0.128. The first-order valence-corrected chi connectivity index (χ1v) is 7.59. The molecule has 1 amide bonds. The lowest BCUT2D eigenvalue weighted by Gasteiger charge is -2.08. The van der Waals surface area contributed by atoms with Gasteiger partial charge in [0.25, 0.3) is 5.91 Å². The van der Waals surface area contributed by atoms with Crippen molar-refractivity contribution in [1.29, 1.82) is 0 Å². The monoisotopic (exact) mass is 391 g/mol. The molecule has 1 aromatic carbocycles. The van der Waals surface area contributed by atoms with E-state index in [9.17, 15) is 9.59 Å². The molecule has 8 heteroatoms. The van der Waals surface area contributed by atoms with E-state index in [1.165, 1.54) is 26.4 Å². The van der Waals surface area contributed by atoms with Crippen LogP contribution in [0.2, 0.25) is 0 Å². The van der Waals surface area contributed by atoms with Crippen LogP contribution in [0.4, 0.5) is 0 Å². The van der Waals surface area contributed by atoms with Crippen molar-refractivity contribution in [1.82, 2.24) is 10.4 Å². The third kappa shape index (κ3) is 4.88. The van der Waals surface area contributed by atoms with Crippen molar-refractivity contribution in [2.75, 3.05) is 7.11 Å². The Morgan fingerprint density at radius 3 is 2.71 bits per heavy atom. The number of esters is 1. The Kier molecular flexibility index (Phi) is 6.02. The van der Waals surface area contributed by atoms with Gasteiger partial charge in [-0.3, -0.25) is 14.6 Å². The highest BCUT2D eigenvalue weighted by molar-refractivity contribution is 9.10. The van der Waals surface area contributed by atoms with Gasteiger partial charge in [0.2, 0.25) is 0 Å². The van der Waals surface area contributed by atoms with Gasteiger partial charge in [-0.05, 0) is 45.8 Å². The summed E-state index contributed by atoms with van der Waals surface area (Å²) < 4.78 is 10.9. The molecule has 7 nitrogen and oxygen atoms in total. The van der Waals surface area contributed by atoms with E-state index < -0.39 is 5.97 Å². The molecule has 1 aromatic heterocycles. The molecule has 24 heavy (non-hydrogen) atoms. The highest BCUT2D eigenvalue weighted by Crippen LogP contribution is 2.27. The van der Waals surface area contributed by atoms with Crippen molar-refractivity contribution in [2.45, 2.75) is 6.92 Å². The second-order valence-corrected chi connectivity index (χ2v) is 5.51. The first-order chi connectivity index (χ1) is 11.5. The number of pyridine rings is 1. The summed E-state index contributed by atoms with van der Waals surface area (Å²) in [4.78, 5) is 26.8. The summed E-state index contributed by atoms with van der Waals surface area (Å²) >= 11 is 3.24. The van der Waals surface area contributed by atoms with Crippen LogP contribution in [0, 0.1) is 0 Å². The molecule has 0 fully saturated rings. The van der Waals surface area contributed by atoms with E-state index >= 15 is 0 Å². The van der Waals surface area contributed by atoms with Crippen LogP contribution in [0.1, 0.15) is 22.8 Å². The molecule has 1 N–H and O–H groups in total. The number of benzene rings is 1. The number of rotatable bonds is 5. The minimum absolute atomic E-state index is 0.311. The molecule has 0 atom stereocenters. The summed E-state index contributed by atoms with van der Waals surface area (Å²) in [6.07, 6.45) is 4.47. The van der Waals surface area contributed by atoms with E-state index in [-0.39, 0.29) is 5.91 Å². The molecule has 0 radical (unpaired) electrons. The fraction of sp³-hybridized carbons (Fsp3) is 0.125. The molecule has 0 saturated heterocycles. The van der Waals surface area contributed by atoms with E-state index in [0.29, 0.717) is 27.1 Å². The predicted octanol–water partition coefficient (Wildman–Crippen LogP) is 2.54. The molecule has 0 aliphatic heterocycles. The third-order valence-corrected chi connectivity index (χ3v) is 3.22. The molecule has 2 aromatic rings. The number of nitrogens with one attached hydrogen (secondary N) is 1. The Bertz CT molecular complexity index is 793. The average Bonchev–Trinajstić information content (AvgIpc) is 2.55. The largest absolute Gasteiger partial charge is 0.493 e. The number of halogens is 1. The third-order valence-electron chi connectivity index (χ3n) is 2.79. The molecular weight excluding hydrogens is 378 g/mol. The van der Waals surface area contributed by atoms with Crippen LogP contribution in [0.25, 0.3) is 0 Å². The molecule has 0 unspecified atom stereocenters. The SMILES string of the molecule is COc1cc(C=NNC(=O)c2cncc(Br)c2)ccc1OC(C)=O. The first-order valence-electron chi connectivity index (χ1n) is 6.80.